The SMILES string of the molecule is C=C(/C=C\C=C/N)C(=N)N1CCC(C2=NOC(CNC(=O)c3ccc(Cl)s3)C2)CC1. The molecule has 3 heterocycles. The first kappa shape index (κ1) is 22.1. The third-order valence-corrected chi connectivity index (χ3v) is 6.38. The number of nitrogens with one attached hydrogen (secondary N) is 2. The van der Waals surface area contributed by atoms with Crippen molar-refractivity contribution in [2.24, 2.45) is 16.8 Å². The van der Waals surface area contributed by atoms with Crippen molar-refractivity contribution in [1.29, 1.82) is 5.41 Å². The summed E-state index contributed by atoms with van der Waals surface area (Å²) in [5.41, 5.74) is 7.02. The minimum Gasteiger partial charge on any atom is -0.405 e. The van der Waals surface area contributed by atoms with E-state index in [1.807, 2.05) is 4.90 Å². The van der Waals surface area contributed by atoms with Crippen LogP contribution in [-0.4, -0.2) is 48.1 Å². The van der Waals surface area contributed by atoms with Gasteiger partial charge in [-0.2, -0.15) is 0 Å². The van der Waals surface area contributed by atoms with Gasteiger partial charge in [-0.05, 0) is 37.3 Å². The molecule has 1 amide bonds. The molecule has 3 rings (SSSR count). The minimum absolute atomic E-state index is 0.142. The molecule has 0 aliphatic carbocycles. The Morgan fingerprint density at radius 2 is 2.20 bits per heavy atom. The summed E-state index contributed by atoms with van der Waals surface area (Å²) in [6.45, 7) is 5.93. The van der Waals surface area contributed by atoms with Gasteiger partial charge in [-0.15, -0.1) is 11.3 Å². The first-order valence-corrected chi connectivity index (χ1v) is 11.0. The standard InChI is InChI=1S/C21H26ClN5O2S/c1-14(4-2-3-9-23)20(24)27-10-7-15(8-11-27)17-12-16(29-26-17)13-25-21(28)18-5-6-19(22)30-18/h2-6,9,15-16,24H,1,7-8,10-13,23H2,(H,25,28)/b4-2-,9-3-,24-20?. The number of amidine groups is 1. The number of hydrogen-bond acceptors (Lipinski definition) is 6. The van der Waals surface area contributed by atoms with Gasteiger partial charge >= 0.3 is 0 Å². The quantitative estimate of drug-likeness (QED) is 0.337. The topological polar surface area (TPSA) is 104 Å². The largest absolute Gasteiger partial charge is 0.405 e. The molecule has 1 aromatic heterocycles. The normalized spacial score (nSPS) is 19.8. The number of rotatable bonds is 7. The van der Waals surface area contributed by atoms with Crippen molar-refractivity contribution < 1.29 is 9.63 Å². The molecule has 9 heteroatoms. The van der Waals surface area contributed by atoms with Gasteiger partial charge in [0.2, 0.25) is 0 Å². The first-order valence-electron chi connectivity index (χ1n) is 9.81. The number of thiophene rings is 1. The van der Waals surface area contributed by atoms with Gasteiger partial charge in [0, 0.05) is 31.0 Å². The Bertz CT molecular complexity index is 884. The lowest BCUT2D eigenvalue weighted by Crippen LogP contribution is -2.40. The molecule has 2 aliphatic rings. The summed E-state index contributed by atoms with van der Waals surface area (Å²) in [6, 6.07) is 3.42. The number of hydrogen-bond donors (Lipinski definition) is 3. The predicted molar refractivity (Wildman–Crippen MR) is 122 cm³/mol. The molecular weight excluding hydrogens is 422 g/mol. The second-order valence-corrected chi connectivity index (χ2v) is 8.92. The second kappa shape index (κ2) is 10.4. The van der Waals surface area contributed by atoms with Gasteiger partial charge in [0.15, 0.2) is 0 Å². The average Bonchev–Trinajstić information content (AvgIpc) is 3.41. The number of nitrogens with two attached hydrogens (primary N) is 1. The number of oxime groups is 1. The summed E-state index contributed by atoms with van der Waals surface area (Å²) in [6.07, 6.45) is 9.12. The molecule has 1 aromatic rings. The zero-order valence-electron chi connectivity index (χ0n) is 16.6. The summed E-state index contributed by atoms with van der Waals surface area (Å²) in [5.74, 6) is 0.635. The number of carbonyl (C=O) groups excluding carboxylic acids is 1. The second-order valence-electron chi connectivity index (χ2n) is 7.21. The number of carbonyl (C=O) groups is 1. The fourth-order valence-electron chi connectivity index (χ4n) is 3.48. The van der Waals surface area contributed by atoms with E-state index in [0.29, 0.717) is 39.5 Å². The van der Waals surface area contributed by atoms with Crippen LogP contribution in [0, 0.1) is 11.3 Å². The fraction of sp³-hybridized carbons (Fsp3) is 0.381. The number of nitrogens with zero attached hydrogens (tertiary/aromatic N) is 2. The minimum atomic E-state index is -0.146. The number of amides is 1. The van der Waals surface area contributed by atoms with Gasteiger partial charge in [0.25, 0.3) is 5.91 Å². The van der Waals surface area contributed by atoms with Crippen LogP contribution in [0.15, 0.2) is 53.9 Å². The van der Waals surface area contributed by atoms with Crippen molar-refractivity contribution in [3.05, 3.63) is 57.9 Å². The highest BCUT2D eigenvalue weighted by Crippen LogP contribution is 2.26. The van der Waals surface area contributed by atoms with Gasteiger partial charge in [-0.25, -0.2) is 0 Å². The molecule has 2 aliphatic heterocycles. The third kappa shape index (κ3) is 5.73. The van der Waals surface area contributed by atoms with Gasteiger partial charge < -0.3 is 20.8 Å². The lowest BCUT2D eigenvalue weighted by molar-refractivity contribution is 0.0755. The summed E-state index contributed by atoms with van der Waals surface area (Å²) >= 11 is 7.13. The van der Waals surface area contributed by atoms with E-state index in [1.54, 1.807) is 30.4 Å². The Morgan fingerprint density at radius 1 is 1.43 bits per heavy atom. The van der Waals surface area contributed by atoms with Crippen molar-refractivity contribution in [2.75, 3.05) is 19.6 Å². The molecule has 0 spiro atoms. The van der Waals surface area contributed by atoms with E-state index in [0.717, 1.165) is 31.6 Å². The van der Waals surface area contributed by atoms with Gasteiger partial charge in [0.1, 0.15) is 11.9 Å². The van der Waals surface area contributed by atoms with E-state index >= 15 is 0 Å². The Balaban J connectivity index is 1.41. The summed E-state index contributed by atoms with van der Waals surface area (Å²) < 4.78 is 0.592. The van der Waals surface area contributed by atoms with Crippen molar-refractivity contribution >= 4 is 40.4 Å². The fourth-order valence-corrected chi connectivity index (χ4v) is 4.44. The van der Waals surface area contributed by atoms with Crippen LogP contribution in [0.4, 0.5) is 0 Å². The zero-order valence-corrected chi connectivity index (χ0v) is 18.2. The molecule has 1 atom stereocenters. The van der Waals surface area contributed by atoms with Crippen LogP contribution in [0.1, 0.15) is 28.9 Å². The number of piperidine rings is 1. The maximum Gasteiger partial charge on any atom is 0.261 e. The van der Waals surface area contributed by atoms with Crippen molar-refractivity contribution in [2.45, 2.75) is 25.4 Å². The van der Waals surface area contributed by atoms with Crippen molar-refractivity contribution in [3.63, 3.8) is 0 Å². The zero-order chi connectivity index (χ0) is 21.5. The van der Waals surface area contributed by atoms with Gasteiger partial charge in [-0.3, -0.25) is 10.2 Å². The lowest BCUT2D eigenvalue weighted by atomic mass is 9.89. The van der Waals surface area contributed by atoms with Crippen LogP contribution in [0.25, 0.3) is 0 Å². The first-order chi connectivity index (χ1) is 14.5. The highest BCUT2D eigenvalue weighted by atomic mass is 35.5. The number of likely N-dealkylation sites (tertiary alicyclic amines) is 1. The molecule has 160 valence electrons. The summed E-state index contributed by atoms with van der Waals surface area (Å²) in [7, 11) is 0. The van der Waals surface area contributed by atoms with Crippen LogP contribution in [-0.2, 0) is 4.84 Å². The molecule has 30 heavy (non-hydrogen) atoms. The highest BCUT2D eigenvalue weighted by Gasteiger charge is 2.31. The molecule has 4 N–H and O–H groups in total. The van der Waals surface area contributed by atoms with Gasteiger partial charge in [-0.1, -0.05) is 35.5 Å². The van der Waals surface area contributed by atoms with Gasteiger partial charge in [0.05, 0.1) is 21.5 Å². The number of halogens is 1. The predicted octanol–water partition coefficient (Wildman–Crippen LogP) is 3.55. The molecule has 0 bridgehead atoms. The van der Waals surface area contributed by atoms with E-state index in [-0.39, 0.29) is 12.0 Å². The molecule has 0 saturated carbocycles. The van der Waals surface area contributed by atoms with Crippen LogP contribution in [0.2, 0.25) is 4.34 Å². The van der Waals surface area contributed by atoms with Crippen LogP contribution < -0.4 is 11.1 Å². The van der Waals surface area contributed by atoms with Crippen LogP contribution in [0.3, 0.4) is 0 Å². The summed E-state index contributed by atoms with van der Waals surface area (Å²) in [4.78, 5) is 20.3. The molecule has 1 fully saturated rings. The van der Waals surface area contributed by atoms with E-state index in [1.165, 1.54) is 17.5 Å². The Kier molecular flexibility index (Phi) is 7.70. The molecule has 1 unspecified atom stereocenters. The third-order valence-electron chi connectivity index (χ3n) is 5.15. The molecule has 1 saturated heterocycles. The lowest BCUT2D eigenvalue weighted by Gasteiger charge is -2.33. The van der Waals surface area contributed by atoms with Crippen molar-refractivity contribution in [3.8, 4) is 0 Å². The maximum atomic E-state index is 12.1. The van der Waals surface area contributed by atoms with Crippen LogP contribution >= 0.6 is 22.9 Å². The molecular formula is C21H26ClN5O2S. The van der Waals surface area contributed by atoms with E-state index in [9.17, 15) is 4.79 Å². The van der Waals surface area contributed by atoms with E-state index < -0.39 is 0 Å². The number of allylic oxidation sites excluding steroid dienone is 2. The molecule has 0 radical (unpaired) electrons. The average molecular weight is 448 g/mol. The summed E-state index contributed by atoms with van der Waals surface area (Å²) in [5, 5.41) is 15.5. The van der Waals surface area contributed by atoms with Crippen LogP contribution in [0.5, 0.6) is 0 Å². The molecule has 0 aromatic carbocycles. The smallest absolute Gasteiger partial charge is 0.261 e. The highest BCUT2D eigenvalue weighted by molar-refractivity contribution is 7.18. The maximum absolute atomic E-state index is 12.1. The molecule has 7 nitrogen and oxygen atoms in total. The Labute approximate surface area is 185 Å². The Morgan fingerprint density at radius 3 is 2.87 bits per heavy atom. The van der Waals surface area contributed by atoms with E-state index in [4.69, 9.17) is 27.6 Å². The Hall–Kier alpha value is -2.58. The monoisotopic (exact) mass is 447 g/mol. The van der Waals surface area contributed by atoms with Crippen molar-refractivity contribution in [1.82, 2.24) is 10.2 Å². The van der Waals surface area contributed by atoms with E-state index in [2.05, 4.69) is 17.1 Å².